The van der Waals surface area contributed by atoms with E-state index in [1.807, 2.05) is 42.5 Å². The first kappa shape index (κ1) is 17.3. The van der Waals surface area contributed by atoms with Gasteiger partial charge in [0.05, 0.1) is 0 Å². The number of benzene rings is 2. The monoisotopic (exact) mass is 373 g/mol. The second-order valence-corrected chi connectivity index (χ2v) is 6.21. The summed E-state index contributed by atoms with van der Waals surface area (Å²) in [5.41, 5.74) is 4.53. The highest BCUT2D eigenvalue weighted by atomic mass is 79.9. The molecule has 0 atom stereocenters. The van der Waals surface area contributed by atoms with Crippen molar-refractivity contribution in [2.24, 2.45) is 0 Å². The maximum Gasteiger partial charge on any atom is 0.407 e. The molecule has 2 aromatic carbocycles. The van der Waals surface area contributed by atoms with Crippen LogP contribution in [0.4, 0.5) is 4.79 Å². The van der Waals surface area contributed by atoms with E-state index >= 15 is 0 Å². The van der Waals surface area contributed by atoms with Crippen molar-refractivity contribution in [2.75, 3.05) is 6.54 Å². The smallest absolute Gasteiger partial charge is 0.407 e. The third-order valence-corrected chi connectivity index (χ3v) is 3.88. The summed E-state index contributed by atoms with van der Waals surface area (Å²) in [7, 11) is 0. The average molecular weight is 374 g/mol. The number of halogens is 1. The third-order valence-electron chi connectivity index (χ3n) is 3.42. The van der Waals surface area contributed by atoms with E-state index in [0.29, 0.717) is 6.54 Å². The number of alkyl carbamates (subject to hydrolysis) is 1. The number of carbonyl (C=O) groups is 1. The average Bonchev–Trinajstić information content (AvgIpc) is 2.52. The van der Waals surface area contributed by atoms with Gasteiger partial charge in [0.1, 0.15) is 6.61 Å². The van der Waals surface area contributed by atoms with Crippen molar-refractivity contribution in [2.45, 2.75) is 20.5 Å². The van der Waals surface area contributed by atoms with Crippen LogP contribution in [-0.4, -0.2) is 12.6 Å². The predicted molar refractivity (Wildman–Crippen MR) is 97.3 cm³/mol. The minimum absolute atomic E-state index is 0.279. The van der Waals surface area contributed by atoms with Crippen molar-refractivity contribution in [3.8, 4) is 0 Å². The van der Waals surface area contributed by atoms with E-state index in [4.69, 9.17) is 4.74 Å². The van der Waals surface area contributed by atoms with Gasteiger partial charge in [-0.1, -0.05) is 58.4 Å². The van der Waals surface area contributed by atoms with Crippen LogP contribution < -0.4 is 5.32 Å². The molecular formula is C19H20BrNO2. The Hall–Kier alpha value is -2.07. The Morgan fingerprint density at radius 1 is 1.17 bits per heavy atom. The lowest BCUT2D eigenvalue weighted by atomic mass is 10.0. The Bertz CT molecular complexity index is 673. The number of carbonyl (C=O) groups excluding carboxylic acids is 1. The predicted octanol–water partition coefficient (Wildman–Crippen LogP) is 5.01. The minimum atomic E-state index is -0.414. The van der Waals surface area contributed by atoms with E-state index in [-0.39, 0.29) is 6.61 Å². The highest BCUT2D eigenvalue weighted by Gasteiger charge is 2.02. The topological polar surface area (TPSA) is 38.3 Å². The van der Waals surface area contributed by atoms with Crippen molar-refractivity contribution < 1.29 is 9.53 Å². The first-order valence-electron chi connectivity index (χ1n) is 7.44. The molecule has 0 unspecified atom stereocenters. The highest BCUT2D eigenvalue weighted by Crippen LogP contribution is 2.21. The summed E-state index contributed by atoms with van der Waals surface area (Å²) < 4.78 is 6.23. The summed E-state index contributed by atoms with van der Waals surface area (Å²) in [5.74, 6) is 0. The van der Waals surface area contributed by atoms with Crippen LogP contribution in [-0.2, 0) is 11.3 Å². The maximum absolute atomic E-state index is 11.6. The van der Waals surface area contributed by atoms with Crippen LogP contribution in [0.15, 0.2) is 53.0 Å². The molecule has 2 rings (SSSR count). The Kier molecular flexibility index (Phi) is 6.41. The summed E-state index contributed by atoms with van der Waals surface area (Å²) in [6, 6.07) is 13.8. The van der Waals surface area contributed by atoms with Gasteiger partial charge >= 0.3 is 6.09 Å². The Balaban J connectivity index is 1.79. The number of rotatable bonds is 5. The number of ether oxygens (including phenoxy) is 1. The molecular weight excluding hydrogens is 354 g/mol. The number of hydrogen-bond donors (Lipinski definition) is 1. The Morgan fingerprint density at radius 2 is 1.83 bits per heavy atom. The van der Waals surface area contributed by atoms with Gasteiger partial charge in [-0.25, -0.2) is 4.79 Å². The van der Waals surface area contributed by atoms with Gasteiger partial charge in [0.2, 0.25) is 0 Å². The molecule has 0 heterocycles. The molecule has 0 aromatic heterocycles. The zero-order chi connectivity index (χ0) is 16.7. The van der Waals surface area contributed by atoms with Crippen LogP contribution in [0.2, 0.25) is 0 Å². The number of hydrogen-bond acceptors (Lipinski definition) is 2. The van der Waals surface area contributed by atoms with Gasteiger partial charge in [0, 0.05) is 11.0 Å². The molecule has 1 amide bonds. The lowest BCUT2D eigenvalue weighted by Crippen LogP contribution is -2.24. The normalized spacial score (nSPS) is 10.7. The maximum atomic E-state index is 11.6. The molecule has 0 saturated heterocycles. The SMILES string of the molecule is Cc1cc(Br)cc(C)c1C=CCNC(=O)OCc1ccccc1. The fraction of sp³-hybridized carbons (Fsp3) is 0.211. The fourth-order valence-corrected chi connectivity index (χ4v) is 2.96. The van der Waals surface area contributed by atoms with Crippen molar-refractivity contribution in [1.29, 1.82) is 0 Å². The molecule has 0 spiro atoms. The van der Waals surface area contributed by atoms with Gasteiger partial charge in [-0.05, 0) is 48.2 Å². The highest BCUT2D eigenvalue weighted by molar-refractivity contribution is 9.10. The second kappa shape index (κ2) is 8.53. The lowest BCUT2D eigenvalue weighted by Gasteiger charge is -2.07. The summed E-state index contributed by atoms with van der Waals surface area (Å²) >= 11 is 3.49. The molecule has 0 bridgehead atoms. The van der Waals surface area contributed by atoms with E-state index in [9.17, 15) is 4.79 Å². The van der Waals surface area contributed by atoms with Gasteiger partial charge in [-0.2, -0.15) is 0 Å². The van der Waals surface area contributed by atoms with Crippen molar-refractivity contribution in [3.63, 3.8) is 0 Å². The molecule has 23 heavy (non-hydrogen) atoms. The van der Waals surface area contributed by atoms with E-state index < -0.39 is 6.09 Å². The van der Waals surface area contributed by atoms with Crippen molar-refractivity contribution in [3.05, 3.63) is 75.3 Å². The molecule has 2 aromatic rings. The summed E-state index contributed by atoms with van der Waals surface area (Å²) in [4.78, 5) is 11.6. The summed E-state index contributed by atoms with van der Waals surface area (Å²) in [6.07, 6.45) is 3.53. The third kappa shape index (κ3) is 5.57. The fourth-order valence-electron chi connectivity index (χ4n) is 2.28. The number of nitrogens with one attached hydrogen (secondary N) is 1. The Morgan fingerprint density at radius 3 is 2.48 bits per heavy atom. The molecule has 0 aliphatic carbocycles. The summed E-state index contributed by atoms with van der Waals surface area (Å²) in [5, 5.41) is 2.72. The van der Waals surface area contributed by atoms with Gasteiger partial charge < -0.3 is 10.1 Å². The van der Waals surface area contributed by atoms with E-state index in [2.05, 4.69) is 47.2 Å². The molecule has 120 valence electrons. The van der Waals surface area contributed by atoms with Crippen molar-refractivity contribution >= 4 is 28.1 Å². The molecule has 4 heteroatoms. The molecule has 3 nitrogen and oxygen atoms in total. The van der Waals surface area contributed by atoms with E-state index in [0.717, 1.165) is 10.0 Å². The van der Waals surface area contributed by atoms with Crippen LogP contribution in [0, 0.1) is 13.8 Å². The molecule has 0 fully saturated rings. The number of amides is 1. The van der Waals surface area contributed by atoms with E-state index in [1.165, 1.54) is 16.7 Å². The van der Waals surface area contributed by atoms with Gasteiger partial charge in [-0.15, -0.1) is 0 Å². The standard InChI is InChI=1S/C19H20BrNO2/c1-14-11-17(20)12-15(2)18(14)9-6-10-21-19(22)23-13-16-7-4-3-5-8-16/h3-9,11-12H,10,13H2,1-2H3,(H,21,22). The Labute approximate surface area is 145 Å². The molecule has 0 aliphatic rings. The summed E-state index contributed by atoms with van der Waals surface area (Å²) in [6.45, 7) is 4.85. The molecule has 0 radical (unpaired) electrons. The minimum Gasteiger partial charge on any atom is -0.445 e. The quantitative estimate of drug-likeness (QED) is 0.799. The van der Waals surface area contributed by atoms with Gasteiger partial charge in [0.15, 0.2) is 0 Å². The zero-order valence-corrected chi connectivity index (χ0v) is 14.9. The molecule has 0 saturated carbocycles. The largest absolute Gasteiger partial charge is 0.445 e. The molecule has 0 aliphatic heterocycles. The molecule has 1 N–H and O–H groups in total. The van der Waals surface area contributed by atoms with Crippen LogP contribution in [0.5, 0.6) is 0 Å². The first-order chi connectivity index (χ1) is 11.1. The van der Waals surface area contributed by atoms with E-state index in [1.54, 1.807) is 0 Å². The van der Waals surface area contributed by atoms with Crippen LogP contribution in [0.3, 0.4) is 0 Å². The number of aryl methyl sites for hydroxylation is 2. The lowest BCUT2D eigenvalue weighted by molar-refractivity contribution is 0.141. The zero-order valence-electron chi connectivity index (χ0n) is 13.3. The first-order valence-corrected chi connectivity index (χ1v) is 8.23. The van der Waals surface area contributed by atoms with Crippen LogP contribution >= 0.6 is 15.9 Å². The van der Waals surface area contributed by atoms with Crippen LogP contribution in [0.25, 0.3) is 6.08 Å². The second-order valence-electron chi connectivity index (χ2n) is 5.30. The van der Waals surface area contributed by atoms with Crippen molar-refractivity contribution in [1.82, 2.24) is 5.32 Å². The van der Waals surface area contributed by atoms with Crippen LogP contribution in [0.1, 0.15) is 22.3 Å². The van der Waals surface area contributed by atoms with Gasteiger partial charge in [0.25, 0.3) is 0 Å². The van der Waals surface area contributed by atoms with Gasteiger partial charge in [-0.3, -0.25) is 0 Å².